The topological polar surface area (TPSA) is 29.5 Å². The Balaban J connectivity index is 2.09. The number of hydrogen-bond donors (Lipinski definition) is 1. The molecule has 2 aromatic carbocycles. The highest BCUT2D eigenvalue weighted by molar-refractivity contribution is 5.33. The van der Waals surface area contributed by atoms with Crippen LogP contribution in [0, 0.1) is 0 Å². The average Bonchev–Trinajstić information content (AvgIpc) is 2.40. The summed E-state index contributed by atoms with van der Waals surface area (Å²) in [5, 5.41) is 9.17. The molecule has 1 N–H and O–H groups in total. The monoisotopic (exact) mass is 246 g/mol. The van der Waals surface area contributed by atoms with Crippen molar-refractivity contribution in [2.45, 2.75) is 19.2 Å². The zero-order valence-electron chi connectivity index (χ0n) is 10.1. The molecule has 0 aromatic heterocycles. The summed E-state index contributed by atoms with van der Waals surface area (Å²) in [7, 11) is 0. The highest BCUT2D eigenvalue weighted by Crippen LogP contribution is 2.26. The van der Waals surface area contributed by atoms with Crippen LogP contribution in [0.15, 0.2) is 54.6 Å². The summed E-state index contributed by atoms with van der Waals surface area (Å²) < 4.78 is 19.1. The van der Waals surface area contributed by atoms with Crippen molar-refractivity contribution < 1.29 is 14.2 Å². The molecule has 2 aromatic rings. The van der Waals surface area contributed by atoms with E-state index >= 15 is 0 Å². The highest BCUT2D eigenvalue weighted by atomic mass is 19.1. The molecule has 18 heavy (non-hydrogen) atoms. The molecular weight excluding hydrogens is 231 g/mol. The molecule has 2 atom stereocenters. The number of hydrogen-bond acceptors (Lipinski definition) is 2. The summed E-state index contributed by atoms with van der Waals surface area (Å²) >= 11 is 0. The lowest BCUT2D eigenvalue weighted by Gasteiger charge is -2.12. The zero-order valence-corrected chi connectivity index (χ0v) is 10.1. The Morgan fingerprint density at radius 2 is 1.50 bits per heavy atom. The van der Waals surface area contributed by atoms with Crippen molar-refractivity contribution in [2.75, 3.05) is 0 Å². The first-order valence-electron chi connectivity index (χ1n) is 5.82. The van der Waals surface area contributed by atoms with Gasteiger partial charge in [0.1, 0.15) is 11.5 Å². The molecular formula is C15H15FO2. The van der Waals surface area contributed by atoms with Gasteiger partial charge in [0.15, 0.2) is 6.17 Å². The summed E-state index contributed by atoms with van der Waals surface area (Å²) in [5.74, 6) is 1.38. The van der Waals surface area contributed by atoms with Gasteiger partial charge in [-0.1, -0.05) is 30.3 Å². The lowest BCUT2D eigenvalue weighted by Crippen LogP contribution is -2.09. The lowest BCUT2D eigenvalue weighted by molar-refractivity contribution is 0.0933. The number of benzene rings is 2. The Labute approximate surface area is 106 Å². The molecule has 0 unspecified atom stereocenters. The van der Waals surface area contributed by atoms with Crippen LogP contribution in [0.2, 0.25) is 0 Å². The molecule has 94 valence electrons. The molecule has 0 bridgehead atoms. The first-order chi connectivity index (χ1) is 8.66. The number of para-hydroxylation sites is 1. The lowest BCUT2D eigenvalue weighted by atomic mass is 10.1. The zero-order chi connectivity index (χ0) is 13.0. The second kappa shape index (κ2) is 5.65. The van der Waals surface area contributed by atoms with Crippen LogP contribution >= 0.6 is 0 Å². The highest BCUT2D eigenvalue weighted by Gasteiger charge is 2.15. The average molecular weight is 246 g/mol. The van der Waals surface area contributed by atoms with Crippen LogP contribution in [0.4, 0.5) is 4.39 Å². The second-order valence-electron chi connectivity index (χ2n) is 4.13. The van der Waals surface area contributed by atoms with Crippen molar-refractivity contribution in [3.05, 3.63) is 60.2 Å². The van der Waals surface area contributed by atoms with Gasteiger partial charge in [-0.05, 0) is 36.8 Å². The van der Waals surface area contributed by atoms with E-state index in [2.05, 4.69) is 0 Å². The summed E-state index contributed by atoms with van der Waals surface area (Å²) in [4.78, 5) is 0. The van der Waals surface area contributed by atoms with Gasteiger partial charge < -0.3 is 9.84 Å². The van der Waals surface area contributed by atoms with Crippen LogP contribution in [0.1, 0.15) is 18.7 Å². The van der Waals surface area contributed by atoms with E-state index in [1.807, 2.05) is 30.3 Å². The molecule has 0 aliphatic carbocycles. The summed E-state index contributed by atoms with van der Waals surface area (Å²) in [5.41, 5.74) is 0.449. The maximum atomic E-state index is 13.5. The maximum absolute atomic E-state index is 13.5. The van der Waals surface area contributed by atoms with Gasteiger partial charge in [-0.25, -0.2) is 4.39 Å². The van der Waals surface area contributed by atoms with E-state index in [1.165, 1.54) is 6.92 Å². The third-order valence-corrected chi connectivity index (χ3v) is 2.60. The van der Waals surface area contributed by atoms with E-state index in [0.717, 1.165) is 5.75 Å². The number of alkyl halides is 1. The predicted octanol–water partition coefficient (Wildman–Crippen LogP) is 3.87. The van der Waals surface area contributed by atoms with Gasteiger partial charge >= 0.3 is 0 Å². The minimum atomic E-state index is -1.37. The van der Waals surface area contributed by atoms with Crippen LogP contribution in [-0.4, -0.2) is 11.2 Å². The Bertz CT molecular complexity index is 480. The number of aliphatic hydroxyl groups is 1. The largest absolute Gasteiger partial charge is 0.457 e. The van der Waals surface area contributed by atoms with Gasteiger partial charge in [0, 0.05) is 0 Å². The molecule has 2 nitrogen and oxygen atoms in total. The smallest absolute Gasteiger partial charge is 0.151 e. The Morgan fingerprint density at radius 1 is 0.944 bits per heavy atom. The molecule has 0 radical (unpaired) electrons. The van der Waals surface area contributed by atoms with E-state index in [0.29, 0.717) is 11.3 Å². The van der Waals surface area contributed by atoms with Crippen LogP contribution in [0.5, 0.6) is 11.5 Å². The van der Waals surface area contributed by atoms with Gasteiger partial charge in [-0.15, -0.1) is 0 Å². The van der Waals surface area contributed by atoms with Crippen molar-refractivity contribution in [2.24, 2.45) is 0 Å². The van der Waals surface area contributed by atoms with Gasteiger partial charge in [0.25, 0.3) is 0 Å². The van der Waals surface area contributed by atoms with Gasteiger partial charge in [0.05, 0.1) is 6.10 Å². The fraction of sp³-hybridized carbons (Fsp3) is 0.200. The number of aliphatic hydroxyl groups excluding tert-OH is 1. The first-order valence-corrected chi connectivity index (χ1v) is 5.82. The fourth-order valence-corrected chi connectivity index (χ4v) is 1.62. The van der Waals surface area contributed by atoms with E-state index in [9.17, 15) is 9.50 Å². The number of ether oxygens (including phenoxy) is 1. The Hall–Kier alpha value is -1.87. The van der Waals surface area contributed by atoms with Crippen molar-refractivity contribution in [1.29, 1.82) is 0 Å². The van der Waals surface area contributed by atoms with E-state index in [-0.39, 0.29) is 0 Å². The molecule has 0 saturated carbocycles. The molecule has 0 heterocycles. The van der Waals surface area contributed by atoms with E-state index in [1.54, 1.807) is 24.3 Å². The number of halogens is 1. The van der Waals surface area contributed by atoms with Gasteiger partial charge in [-0.2, -0.15) is 0 Å². The molecule has 0 amide bonds. The fourth-order valence-electron chi connectivity index (χ4n) is 1.62. The molecule has 0 aliphatic rings. The van der Waals surface area contributed by atoms with Crippen molar-refractivity contribution in [1.82, 2.24) is 0 Å². The third-order valence-electron chi connectivity index (χ3n) is 2.60. The molecule has 2 rings (SSSR count). The van der Waals surface area contributed by atoms with Crippen LogP contribution < -0.4 is 4.74 Å². The molecule has 0 aliphatic heterocycles. The van der Waals surface area contributed by atoms with Crippen LogP contribution in [0.3, 0.4) is 0 Å². The third kappa shape index (κ3) is 3.08. The van der Waals surface area contributed by atoms with E-state index < -0.39 is 12.3 Å². The van der Waals surface area contributed by atoms with Crippen LogP contribution in [0.25, 0.3) is 0 Å². The van der Waals surface area contributed by atoms with Crippen molar-refractivity contribution in [3.8, 4) is 11.5 Å². The number of rotatable bonds is 4. The molecule has 3 heteroatoms. The Kier molecular flexibility index (Phi) is 3.95. The van der Waals surface area contributed by atoms with Gasteiger partial charge in [-0.3, -0.25) is 0 Å². The first kappa shape index (κ1) is 12.6. The predicted molar refractivity (Wildman–Crippen MR) is 68.5 cm³/mol. The standard InChI is InChI=1S/C15H15FO2/c1-11(17)15(16)12-7-9-14(10-8-12)18-13-5-3-2-4-6-13/h2-11,15,17H,1H3/t11-,15+/m1/s1. The summed E-state index contributed by atoms with van der Waals surface area (Å²) in [6.07, 6.45) is -2.37. The SMILES string of the molecule is C[C@@H](O)[C@H](F)c1ccc(Oc2ccccc2)cc1. The normalized spacial score (nSPS) is 13.9. The van der Waals surface area contributed by atoms with Crippen molar-refractivity contribution in [3.63, 3.8) is 0 Å². The molecule has 0 saturated heterocycles. The Morgan fingerprint density at radius 3 is 2.06 bits per heavy atom. The van der Waals surface area contributed by atoms with Gasteiger partial charge in [0.2, 0.25) is 0 Å². The minimum absolute atomic E-state index is 0.449. The molecule has 0 spiro atoms. The quantitative estimate of drug-likeness (QED) is 0.887. The van der Waals surface area contributed by atoms with Crippen LogP contribution in [-0.2, 0) is 0 Å². The van der Waals surface area contributed by atoms with Crippen molar-refractivity contribution >= 4 is 0 Å². The maximum Gasteiger partial charge on any atom is 0.151 e. The summed E-state index contributed by atoms with van der Waals surface area (Å²) in [6.45, 7) is 1.43. The molecule has 0 fully saturated rings. The van der Waals surface area contributed by atoms with E-state index in [4.69, 9.17) is 4.74 Å². The summed E-state index contributed by atoms with van der Waals surface area (Å²) in [6, 6.07) is 16.0. The minimum Gasteiger partial charge on any atom is -0.457 e. The second-order valence-corrected chi connectivity index (χ2v) is 4.13.